The maximum absolute atomic E-state index is 5.46. The Labute approximate surface area is 266 Å². The van der Waals surface area contributed by atoms with Crippen LogP contribution in [0.3, 0.4) is 0 Å². The van der Waals surface area contributed by atoms with Crippen molar-refractivity contribution in [3.8, 4) is 28.5 Å². The predicted octanol–water partition coefficient (Wildman–Crippen LogP) is 7.03. The van der Waals surface area contributed by atoms with E-state index < -0.39 is 0 Å². The highest BCUT2D eigenvalue weighted by molar-refractivity contribution is 5.62. The van der Waals surface area contributed by atoms with Gasteiger partial charge in [-0.1, -0.05) is 30.3 Å². The largest absolute Gasteiger partial charge is 0.497 e. The van der Waals surface area contributed by atoms with E-state index in [1.165, 1.54) is 22.4 Å². The van der Waals surface area contributed by atoms with Crippen LogP contribution in [-0.4, -0.2) is 56.9 Å². The van der Waals surface area contributed by atoms with Gasteiger partial charge in [0.25, 0.3) is 0 Å². The van der Waals surface area contributed by atoms with Gasteiger partial charge in [-0.05, 0) is 102 Å². The second-order valence-electron chi connectivity index (χ2n) is 11.6. The van der Waals surface area contributed by atoms with E-state index in [4.69, 9.17) is 14.2 Å². The zero-order valence-electron chi connectivity index (χ0n) is 26.4. The van der Waals surface area contributed by atoms with Crippen LogP contribution in [0.15, 0.2) is 115 Å². The van der Waals surface area contributed by atoms with Crippen molar-refractivity contribution in [1.29, 1.82) is 0 Å². The molecule has 7 nitrogen and oxygen atoms in total. The highest BCUT2D eigenvalue weighted by Crippen LogP contribution is 2.30. The van der Waals surface area contributed by atoms with Crippen molar-refractivity contribution in [3.63, 3.8) is 0 Å². The Bertz CT molecular complexity index is 1630. The standard InChI is InChI=1S/C38H42N4O3/c1-43-34-12-10-32(11-13-34)42(27-29-15-19-40-38(23-29)31-7-5-9-36(25-31)45-3)33-16-20-41(21-17-33)26-28-14-18-39-37(22-28)30-6-4-8-35(24-30)44-2/h4-15,18-19,22-25,33,37,39H,16-17,20-21,26-27H2,1-3H3. The van der Waals surface area contributed by atoms with Crippen molar-refractivity contribution in [2.45, 2.75) is 31.5 Å². The van der Waals surface area contributed by atoms with E-state index in [0.717, 1.165) is 67.5 Å². The molecule has 0 amide bonds. The summed E-state index contributed by atoms with van der Waals surface area (Å²) < 4.78 is 16.4. The maximum atomic E-state index is 5.46. The average Bonchev–Trinajstić information content (AvgIpc) is 3.11. The van der Waals surface area contributed by atoms with Gasteiger partial charge in [-0.15, -0.1) is 0 Å². The van der Waals surface area contributed by atoms with E-state index >= 15 is 0 Å². The fraction of sp³-hybridized carbons (Fsp3) is 0.289. The Morgan fingerprint density at radius 3 is 2.31 bits per heavy atom. The van der Waals surface area contributed by atoms with Gasteiger partial charge in [0.1, 0.15) is 17.2 Å². The van der Waals surface area contributed by atoms with Gasteiger partial charge in [0.2, 0.25) is 0 Å². The minimum atomic E-state index is 0.144. The molecule has 4 aromatic rings. The first-order chi connectivity index (χ1) is 22.1. The summed E-state index contributed by atoms with van der Waals surface area (Å²) in [4.78, 5) is 9.82. The van der Waals surface area contributed by atoms with Crippen molar-refractivity contribution >= 4 is 5.69 Å². The Morgan fingerprint density at radius 1 is 0.822 bits per heavy atom. The Balaban J connectivity index is 1.15. The number of nitrogens with one attached hydrogen (secondary N) is 1. The molecule has 0 bridgehead atoms. The van der Waals surface area contributed by atoms with Crippen LogP contribution in [0.1, 0.15) is 30.0 Å². The molecule has 232 valence electrons. The van der Waals surface area contributed by atoms with E-state index in [-0.39, 0.29) is 6.04 Å². The fourth-order valence-corrected chi connectivity index (χ4v) is 6.27. The summed E-state index contributed by atoms with van der Waals surface area (Å²) >= 11 is 0. The van der Waals surface area contributed by atoms with Crippen LogP contribution in [-0.2, 0) is 6.54 Å². The summed E-state index contributed by atoms with van der Waals surface area (Å²) in [7, 11) is 5.12. The highest BCUT2D eigenvalue weighted by atomic mass is 16.5. The number of hydrogen-bond donors (Lipinski definition) is 1. The van der Waals surface area contributed by atoms with Crippen molar-refractivity contribution in [3.05, 3.63) is 126 Å². The van der Waals surface area contributed by atoms with Gasteiger partial charge in [0, 0.05) is 49.7 Å². The normalized spacial score (nSPS) is 16.9. The van der Waals surface area contributed by atoms with Crippen LogP contribution in [0.5, 0.6) is 17.2 Å². The molecule has 1 fully saturated rings. The smallest absolute Gasteiger partial charge is 0.119 e. The number of dihydropyridines is 1. The molecule has 2 aliphatic rings. The molecular weight excluding hydrogens is 560 g/mol. The second kappa shape index (κ2) is 14.4. The maximum Gasteiger partial charge on any atom is 0.119 e. The van der Waals surface area contributed by atoms with Gasteiger partial charge < -0.3 is 24.4 Å². The summed E-state index contributed by atoms with van der Waals surface area (Å²) in [5.74, 6) is 2.58. The molecule has 1 unspecified atom stereocenters. The van der Waals surface area contributed by atoms with Crippen molar-refractivity contribution < 1.29 is 14.2 Å². The third-order valence-electron chi connectivity index (χ3n) is 8.76. The number of anilines is 1. The molecule has 0 radical (unpaired) electrons. The zero-order chi connectivity index (χ0) is 31.0. The number of methoxy groups -OCH3 is 3. The summed E-state index contributed by atoms with van der Waals surface area (Å²) in [5.41, 5.74) is 6.99. The van der Waals surface area contributed by atoms with Gasteiger partial charge in [0.05, 0.1) is 33.1 Å². The number of rotatable bonds is 11. The first-order valence-electron chi connectivity index (χ1n) is 15.6. The van der Waals surface area contributed by atoms with Crippen molar-refractivity contribution in [2.75, 3.05) is 45.9 Å². The highest BCUT2D eigenvalue weighted by Gasteiger charge is 2.26. The molecule has 3 heterocycles. The zero-order valence-corrected chi connectivity index (χ0v) is 26.4. The Kier molecular flexibility index (Phi) is 9.66. The van der Waals surface area contributed by atoms with Crippen molar-refractivity contribution in [2.24, 2.45) is 0 Å². The summed E-state index contributed by atoms with van der Waals surface area (Å²) in [5, 5.41) is 3.49. The molecule has 6 rings (SSSR count). The number of piperidine rings is 1. The first-order valence-corrected chi connectivity index (χ1v) is 15.6. The minimum Gasteiger partial charge on any atom is -0.497 e. The SMILES string of the molecule is COc1ccc(N(Cc2ccnc(-c3cccc(OC)c3)c2)C2CCN(CC3=CC(c4cccc(OC)c4)NC=C3)CC2)cc1. The summed E-state index contributed by atoms with van der Waals surface area (Å²) in [6.07, 6.45) is 10.7. The number of ether oxygens (including phenoxy) is 3. The number of aromatic nitrogens is 1. The van der Waals surface area contributed by atoms with Crippen LogP contribution in [0.4, 0.5) is 5.69 Å². The lowest BCUT2D eigenvalue weighted by Gasteiger charge is -2.40. The lowest BCUT2D eigenvalue weighted by Crippen LogP contribution is -2.45. The monoisotopic (exact) mass is 602 g/mol. The lowest BCUT2D eigenvalue weighted by atomic mass is 9.98. The molecule has 7 heteroatoms. The molecule has 1 atom stereocenters. The van der Waals surface area contributed by atoms with E-state index in [2.05, 4.69) is 93.0 Å². The Morgan fingerprint density at radius 2 is 1.56 bits per heavy atom. The fourth-order valence-electron chi connectivity index (χ4n) is 6.27. The van der Waals surface area contributed by atoms with Crippen LogP contribution in [0.25, 0.3) is 11.3 Å². The second-order valence-corrected chi connectivity index (χ2v) is 11.6. The molecule has 1 aromatic heterocycles. The number of pyridine rings is 1. The molecule has 0 aliphatic carbocycles. The quantitative estimate of drug-likeness (QED) is 0.198. The number of hydrogen-bond acceptors (Lipinski definition) is 7. The van der Waals surface area contributed by atoms with Crippen LogP contribution in [0.2, 0.25) is 0 Å². The van der Waals surface area contributed by atoms with E-state index in [1.54, 1.807) is 21.3 Å². The molecule has 1 N–H and O–H groups in total. The van der Waals surface area contributed by atoms with Crippen LogP contribution >= 0.6 is 0 Å². The van der Waals surface area contributed by atoms with Crippen LogP contribution < -0.4 is 24.4 Å². The molecular formula is C38H42N4O3. The predicted molar refractivity (Wildman–Crippen MR) is 181 cm³/mol. The molecule has 0 spiro atoms. The molecule has 3 aromatic carbocycles. The lowest BCUT2D eigenvalue weighted by molar-refractivity contribution is 0.224. The molecule has 45 heavy (non-hydrogen) atoms. The van der Waals surface area contributed by atoms with Crippen LogP contribution in [0, 0.1) is 0 Å². The first kappa shape index (κ1) is 30.3. The van der Waals surface area contributed by atoms with E-state index in [9.17, 15) is 0 Å². The van der Waals surface area contributed by atoms with Gasteiger partial charge in [-0.3, -0.25) is 9.88 Å². The minimum absolute atomic E-state index is 0.144. The van der Waals surface area contributed by atoms with Gasteiger partial charge >= 0.3 is 0 Å². The topological polar surface area (TPSA) is 59.1 Å². The summed E-state index contributed by atoms with van der Waals surface area (Å²) in [6.45, 7) is 3.84. The third kappa shape index (κ3) is 7.49. The number of benzene rings is 3. The molecule has 1 saturated heterocycles. The number of nitrogens with zero attached hydrogens (tertiary/aromatic N) is 3. The average molecular weight is 603 g/mol. The van der Waals surface area contributed by atoms with Gasteiger partial charge in [-0.2, -0.15) is 0 Å². The third-order valence-corrected chi connectivity index (χ3v) is 8.76. The summed E-state index contributed by atoms with van der Waals surface area (Å²) in [6, 6.07) is 29.7. The number of likely N-dealkylation sites (tertiary alicyclic amines) is 1. The van der Waals surface area contributed by atoms with Gasteiger partial charge in [-0.25, -0.2) is 0 Å². The van der Waals surface area contributed by atoms with Crippen molar-refractivity contribution in [1.82, 2.24) is 15.2 Å². The molecule has 2 aliphatic heterocycles. The van der Waals surface area contributed by atoms with E-state index in [0.29, 0.717) is 6.04 Å². The Hall–Kier alpha value is -4.75. The van der Waals surface area contributed by atoms with E-state index in [1.807, 2.05) is 36.5 Å². The molecule has 0 saturated carbocycles. The van der Waals surface area contributed by atoms with Gasteiger partial charge in [0.15, 0.2) is 0 Å².